The van der Waals surface area contributed by atoms with E-state index in [9.17, 15) is 9.50 Å². The molecular formula is C13H19FN2O. The third kappa shape index (κ3) is 3.77. The molecule has 94 valence electrons. The molecule has 1 saturated heterocycles. The van der Waals surface area contributed by atoms with Crippen molar-refractivity contribution < 1.29 is 9.50 Å². The molecule has 1 fully saturated rings. The fourth-order valence-electron chi connectivity index (χ4n) is 2.12. The lowest BCUT2D eigenvalue weighted by Gasteiger charge is -2.23. The van der Waals surface area contributed by atoms with Gasteiger partial charge in [0, 0.05) is 19.6 Å². The Morgan fingerprint density at radius 1 is 1.24 bits per heavy atom. The van der Waals surface area contributed by atoms with E-state index in [0.29, 0.717) is 6.54 Å². The highest BCUT2D eigenvalue weighted by molar-refractivity contribution is 5.18. The number of rotatable bonds is 3. The molecule has 3 nitrogen and oxygen atoms in total. The first kappa shape index (κ1) is 12.5. The zero-order valence-electron chi connectivity index (χ0n) is 9.90. The lowest BCUT2D eigenvalue weighted by molar-refractivity contribution is 0.117. The first-order valence-corrected chi connectivity index (χ1v) is 6.12. The van der Waals surface area contributed by atoms with Crippen molar-refractivity contribution in [1.29, 1.82) is 0 Å². The maximum absolute atomic E-state index is 12.8. The number of nitrogens with one attached hydrogen (secondary N) is 1. The third-order valence-electron chi connectivity index (χ3n) is 3.12. The van der Waals surface area contributed by atoms with Gasteiger partial charge in [-0.05, 0) is 37.2 Å². The van der Waals surface area contributed by atoms with Crippen LogP contribution in [0.15, 0.2) is 24.3 Å². The second-order valence-corrected chi connectivity index (χ2v) is 4.47. The summed E-state index contributed by atoms with van der Waals surface area (Å²) >= 11 is 0. The third-order valence-corrected chi connectivity index (χ3v) is 3.12. The normalized spacial score (nSPS) is 19.9. The van der Waals surface area contributed by atoms with Gasteiger partial charge in [0.1, 0.15) is 5.82 Å². The Balaban J connectivity index is 1.91. The van der Waals surface area contributed by atoms with E-state index >= 15 is 0 Å². The number of β-amino-alcohol motifs (C(OH)–C–C–N with tert-alkyl or cyclic N) is 1. The van der Waals surface area contributed by atoms with Crippen molar-refractivity contribution in [2.24, 2.45) is 0 Å². The highest BCUT2D eigenvalue weighted by Crippen LogP contribution is 2.15. The minimum absolute atomic E-state index is 0.264. The second kappa shape index (κ2) is 6.10. The molecule has 17 heavy (non-hydrogen) atoms. The van der Waals surface area contributed by atoms with Crippen LogP contribution in [0.1, 0.15) is 18.1 Å². The lowest BCUT2D eigenvalue weighted by Crippen LogP contribution is -2.32. The van der Waals surface area contributed by atoms with Gasteiger partial charge in [-0.15, -0.1) is 0 Å². The fourth-order valence-corrected chi connectivity index (χ4v) is 2.12. The lowest BCUT2D eigenvalue weighted by atomic mass is 10.1. The molecule has 0 bridgehead atoms. The van der Waals surface area contributed by atoms with Gasteiger partial charge in [-0.25, -0.2) is 4.39 Å². The molecule has 0 amide bonds. The summed E-state index contributed by atoms with van der Waals surface area (Å²) in [5, 5.41) is 13.4. The minimum atomic E-state index is -0.534. The van der Waals surface area contributed by atoms with Crippen LogP contribution >= 0.6 is 0 Å². The van der Waals surface area contributed by atoms with E-state index in [1.54, 1.807) is 12.1 Å². The number of hydrogen-bond donors (Lipinski definition) is 2. The van der Waals surface area contributed by atoms with Crippen LogP contribution in [0.3, 0.4) is 0 Å². The molecule has 1 aliphatic rings. The van der Waals surface area contributed by atoms with Crippen molar-refractivity contribution in [3.05, 3.63) is 35.6 Å². The van der Waals surface area contributed by atoms with E-state index in [4.69, 9.17) is 0 Å². The van der Waals surface area contributed by atoms with Gasteiger partial charge in [0.25, 0.3) is 0 Å². The van der Waals surface area contributed by atoms with Crippen LogP contribution in [-0.2, 0) is 0 Å². The molecular weight excluding hydrogens is 219 g/mol. The average molecular weight is 238 g/mol. The summed E-state index contributed by atoms with van der Waals surface area (Å²) in [5.41, 5.74) is 0.781. The fraction of sp³-hybridized carbons (Fsp3) is 0.538. The zero-order valence-corrected chi connectivity index (χ0v) is 9.90. The summed E-state index contributed by atoms with van der Waals surface area (Å²) in [6.45, 7) is 4.59. The number of aliphatic hydroxyl groups excluding tert-OH is 1. The molecule has 0 radical (unpaired) electrons. The summed E-state index contributed by atoms with van der Waals surface area (Å²) < 4.78 is 12.8. The van der Waals surface area contributed by atoms with E-state index in [0.717, 1.165) is 38.2 Å². The molecule has 0 aromatic heterocycles. The Kier molecular flexibility index (Phi) is 4.48. The van der Waals surface area contributed by atoms with Crippen molar-refractivity contribution in [2.75, 3.05) is 32.7 Å². The Bertz CT molecular complexity index is 334. The smallest absolute Gasteiger partial charge is 0.123 e. The standard InChI is InChI=1S/C13H19FN2O/c14-12-4-2-11(3-5-12)13(17)10-16-8-1-6-15-7-9-16/h2-5,13,15,17H,1,6-10H2. The molecule has 2 rings (SSSR count). The molecule has 1 aliphatic heterocycles. The maximum atomic E-state index is 12.8. The van der Waals surface area contributed by atoms with E-state index in [1.165, 1.54) is 12.1 Å². The quantitative estimate of drug-likeness (QED) is 0.829. The van der Waals surface area contributed by atoms with Crippen molar-refractivity contribution >= 4 is 0 Å². The monoisotopic (exact) mass is 238 g/mol. The highest BCUT2D eigenvalue weighted by atomic mass is 19.1. The Morgan fingerprint density at radius 3 is 2.76 bits per heavy atom. The summed E-state index contributed by atoms with van der Waals surface area (Å²) in [7, 11) is 0. The van der Waals surface area contributed by atoms with Gasteiger partial charge in [-0.1, -0.05) is 12.1 Å². The first-order valence-electron chi connectivity index (χ1n) is 6.12. The van der Waals surface area contributed by atoms with Crippen LogP contribution in [0.2, 0.25) is 0 Å². The van der Waals surface area contributed by atoms with Gasteiger partial charge < -0.3 is 10.4 Å². The molecule has 1 unspecified atom stereocenters. The Hall–Kier alpha value is -0.970. The van der Waals surface area contributed by atoms with E-state index in [2.05, 4.69) is 10.2 Å². The zero-order chi connectivity index (χ0) is 12.1. The van der Waals surface area contributed by atoms with E-state index in [1.807, 2.05) is 0 Å². The molecule has 2 N–H and O–H groups in total. The van der Waals surface area contributed by atoms with Crippen molar-refractivity contribution in [1.82, 2.24) is 10.2 Å². The summed E-state index contributed by atoms with van der Waals surface area (Å²) in [5.74, 6) is -0.264. The maximum Gasteiger partial charge on any atom is 0.123 e. The number of nitrogens with zero attached hydrogens (tertiary/aromatic N) is 1. The molecule has 1 aromatic carbocycles. The van der Waals surface area contributed by atoms with Gasteiger partial charge in [-0.2, -0.15) is 0 Å². The van der Waals surface area contributed by atoms with Gasteiger partial charge >= 0.3 is 0 Å². The molecule has 4 heteroatoms. The molecule has 0 saturated carbocycles. The van der Waals surface area contributed by atoms with Crippen LogP contribution in [0, 0.1) is 5.82 Å². The van der Waals surface area contributed by atoms with E-state index < -0.39 is 6.10 Å². The Morgan fingerprint density at radius 2 is 2.00 bits per heavy atom. The highest BCUT2D eigenvalue weighted by Gasteiger charge is 2.14. The van der Waals surface area contributed by atoms with Gasteiger partial charge in [-0.3, -0.25) is 4.90 Å². The largest absolute Gasteiger partial charge is 0.387 e. The van der Waals surface area contributed by atoms with Crippen LogP contribution in [0.25, 0.3) is 0 Å². The van der Waals surface area contributed by atoms with Gasteiger partial charge in [0.15, 0.2) is 0 Å². The summed E-state index contributed by atoms with van der Waals surface area (Å²) in [4.78, 5) is 2.24. The summed E-state index contributed by atoms with van der Waals surface area (Å²) in [6.07, 6.45) is 0.574. The molecule has 1 heterocycles. The van der Waals surface area contributed by atoms with Gasteiger partial charge in [0.05, 0.1) is 6.10 Å². The van der Waals surface area contributed by atoms with Crippen molar-refractivity contribution in [3.63, 3.8) is 0 Å². The molecule has 1 aromatic rings. The number of aliphatic hydroxyl groups is 1. The summed E-state index contributed by atoms with van der Waals surface area (Å²) in [6, 6.07) is 6.08. The SMILES string of the molecule is OC(CN1CCCNCC1)c1ccc(F)cc1. The predicted octanol–water partition coefficient (Wildman–Crippen LogP) is 1.15. The first-order chi connectivity index (χ1) is 8.25. The number of hydrogen-bond acceptors (Lipinski definition) is 3. The number of benzene rings is 1. The van der Waals surface area contributed by atoms with Gasteiger partial charge in [0.2, 0.25) is 0 Å². The minimum Gasteiger partial charge on any atom is -0.387 e. The van der Waals surface area contributed by atoms with Crippen LogP contribution in [-0.4, -0.2) is 42.7 Å². The second-order valence-electron chi connectivity index (χ2n) is 4.47. The van der Waals surface area contributed by atoms with Crippen molar-refractivity contribution in [2.45, 2.75) is 12.5 Å². The van der Waals surface area contributed by atoms with Crippen molar-refractivity contribution in [3.8, 4) is 0 Å². The average Bonchev–Trinajstić information content (AvgIpc) is 2.58. The molecule has 1 atom stereocenters. The van der Waals surface area contributed by atoms with E-state index in [-0.39, 0.29) is 5.82 Å². The van der Waals surface area contributed by atoms with Crippen LogP contribution < -0.4 is 5.32 Å². The molecule has 0 spiro atoms. The predicted molar refractivity (Wildman–Crippen MR) is 65.3 cm³/mol. The number of halogens is 1. The molecule has 0 aliphatic carbocycles. The Labute approximate surface area is 101 Å². The van der Waals surface area contributed by atoms with Crippen LogP contribution in [0.4, 0.5) is 4.39 Å². The van der Waals surface area contributed by atoms with Crippen LogP contribution in [0.5, 0.6) is 0 Å². The topological polar surface area (TPSA) is 35.5 Å².